The van der Waals surface area contributed by atoms with Gasteiger partial charge in [-0.05, 0) is 37.6 Å². The summed E-state index contributed by atoms with van der Waals surface area (Å²) in [5.41, 5.74) is 0.500. The fraction of sp³-hybridized carbons (Fsp3) is 0.368. The molecule has 1 N–H and O–H groups in total. The maximum atomic E-state index is 12.7. The predicted molar refractivity (Wildman–Crippen MR) is 110 cm³/mol. The second-order valence-electron chi connectivity index (χ2n) is 7.07. The van der Waals surface area contributed by atoms with Crippen LogP contribution in [-0.2, 0) is 21.2 Å². The number of benzene rings is 1. The summed E-state index contributed by atoms with van der Waals surface area (Å²) in [6.07, 6.45) is 3.09. The van der Waals surface area contributed by atoms with Gasteiger partial charge in [-0.3, -0.25) is 14.2 Å². The number of nitrogens with one attached hydrogen (secondary N) is 1. The van der Waals surface area contributed by atoms with Crippen molar-refractivity contribution in [2.75, 3.05) is 23.4 Å². The molecule has 1 aliphatic rings. The van der Waals surface area contributed by atoms with Gasteiger partial charge in [0, 0.05) is 5.69 Å². The Morgan fingerprint density at radius 2 is 2.07 bits per heavy atom. The van der Waals surface area contributed by atoms with Crippen LogP contribution in [0.15, 0.2) is 41.6 Å². The van der Waals surface area contributed by atoms with Crippen molar-refractivity contribution in [2.24, 2.45) is 0 Å². The van der Waals surface area contributed by atoms with Gasteiger partial charge in [-0.1, -0.05) is 0 Å². The molecule has 10 nitrogen and oxygen atoms in total. The maximum Gasteiger partial charge on any atom is 0.264 e. The van der Waals surface area contributed by atoms with Crippen molar-refractivity contribution >= 4 is 32.5 Å². The largest absolute Gasteiger partial charge is 0.494 e. The first-order valence-corrected chi connectivity index (χ1v) is 11.3. The molecule has 0 spiro atoms. The highest BCUT2D eigenvalue weighted by Crippen LogP contribution is 2.25. The number of fused-ring (bicyclic) bond motifs is 1. The number of amides is 1. The molecular weight excluding hydrogens is 410 g/mol. The minimum absolute atomic E-state index is 0.0148. The average Bonchev–Trinajstić information content (AvgIpc) is 3.29. The van der Waals surface area contributed by atoms with Gasteiger partial charge in [-0.2, -0.15) is 5.10 Å². The van der Waals surface area contributed by atoms with Crippen LogP contribution in [0.4, 0.5) is 5.69 Å². The smallest absolute Gasteiger partial charge is 0.264 e. The van der Waals surface area contributed by atoms with Crippen LogP contribution in [0.3, 0.4) is 0 Å². The van der Waals surface area contributed by atoms with E-state index in [1.54, 1.807) is 24.3 Å². The van der Waals surface area contributed by atoms with Crippen LogP contribution < -0.4 is 15.6 Å². The van der Waals surface area contributed by atoms with Gasteiger partial charge in [-0.25, -0.2) is 18.1 Å². The Labute approximate surface area is 172 Å². The fourth-order valence-electron chi connectivity index (χ4n) is 3.47. The molecule has 158 valence electrons. The van der Waals surface area contributed by atoms with Gasteiger partial charge in [0.15, 0.2) is 15.5 Å². The Bertz CT molecular complexity index is 1250. The molecule has 3 heterocycles. The van der Waals surface area contributed by atoms with E-state index in [0.717, 1.165) is 0 Å². The van der Waals surface area contributed by atoms with Crippen LogP contribution in [-0.4, -0.2) is 51.8 Å². The third-order valence-corrected chi connectivity index (χ3v) is 6.65. The van der Waals surface area contributed by atoms with Crippen LogP contribution >= 0.6 is 0 Å². The van der Waals surface area contributed by atoms with Crippen molar-refractivity contribution in [2.45, 2.75) is 25.9 Å². The van der Waals surface area contributed by atoms with E-state index in [1.807, 2.05) is 6.92 Å². The van der Waals surface area contributed by atoms with Gasteiger partial charge in [0.2, 0.25) is 5.91 Å². The van der Waals surface area contributed by atoms with Crippen LogP contribution in [0, 0.1) is 0 Å². The number of carbonyl (C=O) groups excluding carboxylic acids is 1. The molecule has 4 rings (SSSR count). The van der Waals surface area contributed by atoms with E-state index in [2.05, 4.69) is 15.4 Å². The molecule has 0 bridgehead atoms. The van der Waals surface area contributed by atoms with Crippen molar-refractivity contribution in [1.29, 1.82) is 0 Å². The second kappa shape index (κ2) is 7.90. The molecule has 30 heavy (non-hydrogen) atoms. The summed E-state index contributed by atoms with van der Waals surface area (Å²) >= 11 is 0. The van der Waals surface area contributed by atoms with E-state index in [1.165, 1.54) is 21.8 Å². The van der Waals surface area contributed by atoms with E-state index in [0.29, 0.717) is 30.1 Å². The Balaban J connectivity index is 1.50. The molecule has 1 aliphatic heterocycles. The number of rotatable bonds is 6. The lowest BCUT2D eigenvalue weighted by Crippen LogP contribution is -2.28. The maximum absolute atomic E-state index is 12.7. The SMILES string of the molecule is CCOc1ccc(NC(=O)Cn2cnc3c(cnn3[C@H]3CCS(=O)(=O)C3)c2=O)cc1. The van der Waals surface area contributed by atoms with Crippen LogP contribution in [0.1, 0.15) is 19.4 Å². The molecule has 11 heteroatoms. The molecule has 0 radical (unpaired) electrons. The molecule has 0 aliphatic carbocycles. The molecular formula is C19H21N5O5S. The monoisotopic (exact) mass is 431 g/mol. The molecule has 1 saturated heterocycles. The number of nitrogens with zero attached hydrogens (tertiary/aromatic N) is 4. The highest BCUT2D eigenvalue weighted by atomic mass is 32.2. The Kier molecular flexibility index (Phi) is 5.29. The zero-order valence-corrected chi connectivity index (χ0v) is 17.1. The molecule has 0 saturated carbocycles. The standard InChI is InChI=1S/C19H21N5O5S/c1-2-29-15-5-3-13(4-6-15)22-17(25)10-23-12-20-18-16(19(23)26)9-21-24(18)14-7-8-30(27,28)11-14/h3-6,9,12,14H,2,7-8,10-11H2,1H3,(H,22,25)/t14-/m0/s1. The van der Waals surface area contributed by atoms with E-state index >= 15 is 0 Å². The molecule has 1 fully saturated rings. The number of ether oxygens (including phenoxy) is 1. The quantitative estimate of drug-likeness (QED) is 0.617. The fourth-order valence-corrected chi connectivity index (χ4v) is 5.16. The third kappa shape index (κ3) is 4.06. The zero-order chi connectivity index (χ0) is 21.3. The lowest BCUT2D eigenvalue weighted by atomic mass is 10.3. The molecule has 1 amide bonds. The zero-order valence-electron chi connectivity index (χ0n) is 16.3. The van der Waals surface area contributed by atoms with Gasteiger partial charge < -0.3 is 10.1 Å². The summed E-state index contributed by atoms with van der Waals surface area (Å²) in [7, 11) is -3.09. The molecule has 1 aromatic carbocycles. The van der Waals surface area contributed by atoms with Gasteiger partial charge in [-0.15, -0.1) is 0 Å². The Morgan fingerprint density at radius 3 is 2.73 bits per heavy atom. The number of aromatic nitrogens is 4. The van der Waals surface area contributed by atoms with Crippen LogP contribution in [0.25, 0.3) is 11.0 Å². The van der Waals surface area contributed by atoms with E-state index in [-0.39, 0.29) is 35.4 Å². The topological polar surface area (TPSA) is 125 Å². The van der Waals surface area contributed by atoms with Crippen LogP contribution in [0.5, 0.6) is 5.75 Å². The molecule has 0 unspecified atom stereocenters. The van der Waals surface area contributed by atoms with Gasteiger partial charge in [0.25, 0.3) is 5.56 Å². The first-order chi connectivity index (χ1) is 14.4. The van der Waals surface area contributed by atoms with Crippen LogP contribution in [0.2, 0.25) is 0 Å². The molecule has 3 aromatic rings. The number of hydrogen-bond acceptors (Lipinski definition) is 7. The number of anilines is 1. The first-order valence-electron chi connectivity index (χ1n) is 9.52. The van der Waals surface area contributed by atoms with E-state index < -0.39 is 15.4 Å². The number of hydrogen-bond donors (Lipinski definition) is 1. The second-order valence-corrected chi connectivity index (χ2v) is 9.30. The Morgan fingerprint density at radius 1 is 1.30 bits per heavy atom. The van der Waals surface area contributed by atoms with Crippen molar-refractivity contribution in [3.63, 3.8) is 0 Å². The number of sulfone groups is 1. The summed E-state index contributed by atoms with van der Waals surface area (Å²) < 4.78 is 31.5. The summed E-state index contributed by atoms with van der Waals surface area (Å²) in [5.74, 6) is 0.408. The van der Waals surface area contributed by atoms with Gasteiger partial charge >= 0.3 is 0 Å². The average molecular weight is 431 g/mol. The Hall–Kier alpha value is -3.21. The van der Waals surface area contributed by atoms with Crippen molar-refractivity contribution in [3.05, 3.63) is 47.1 Å². The summed E-state index contributed by atoms with van der Waals surface area (Å²) in [6, 6.07) is 6.59. The summed E-state index contributed by atoms with van der Waals surface area (Å²) in [4.78, 5) is 29.4. The lowest BCUT2D eigenvalue weighted by molar-refractivity contribution is -0.116. The molecule has 1 atom stereocenters. The van der Waals surface area contributed by atoms with Crippen molar-refractivity contribution in [3.8, 4) is 5.75 Å². The normalized spacial score (nSPS) is 17.8. The number of carbonyl (C=O) groups is 1. The highest BCUT2D eigenvalue weighted by molar-refractivity contribution is 7.91. The van der Waals surface area contributed by atoms with Crippen molar-refractivity contribution in [1.82, 2.24) is 19.3 Å². The third-order valence-electron chi connectivity index (χ3n) is 4.90. The molecule has 2 aromatic heterocycles. The van der Waals surface area contributed by atoms with E-state index in [9.17, 15) is 18.0 Å². The summed E-state index contributed by atoms with van der Waals surface area (Å²) in [6.45, 7) is 2.23. The lowest BCUT2D eigenvalue weighted by Gasteiger charge is -2.10. The predicted octanol–water partition coefficient (Wildman–Crippen LogP) is 0.990. The minimum atomic E-state index is -3.09. The van der Waals surface area contributed by atoms with Crippen molar-refractivity contribution < 1.29 is 17.9 Å². The van der Waals surface area contributed by atoms with Gasteiger partial charge in [0.1, 0.15) is 24.0 Å². The summed E-state index contributed by atoms with van der Waals surface area (Å²) in [5, 5.41) is 7.15. The highest BCUT2D eigenvalue weighted by Gasteiger charge is 2.31. The first kappa shape index (κ1) is 20.1. The minimum Gasteiger partial charge on any atom is -0.494 e. The van der Waals surface area contributed by atoms with Gasteiger partial charge in [0.05, 0.1) is 30.4 Å². The van der Waals surface area contributed by atoms with E-state index in [4.69, 9.17) is 4.74 Å².